The lowest BCUT2D eigenvalue weighted by molar-refractivity contribution is -0.141. The van der Waals surface area contributed by atoms with E-state index in [0.717, 1.165) is 17.5 Å². The number of benzene rings is 1. The first kappa shape index (κ1) is 18.9. The van der Waals surface area contributed by atoms with Gasteiger partial charge in [-0.1, -0.05) is 13.8 Å². The summed E-state index contributed by atoms with van der Waals surface area (Å²) >= 11 is 0. The Balaban J connectivity index is 2.09. The van der Waals surface area contributed by atoms with E-state index in [-0.39, 0.29) is 28.6 Å². The summed E-state index contributed by atoms with van der Waals surface area (Å²) in [7, 11) is 3.21. The maximum atomic E-state index is 12.9. The van der Waals surface area contributed by atoms with Gasteiger partial charge in [0, 0.05) is 24.4 Å². The molecule has 0 spiro atoms. The van der Waals surface area contributed by atoms with Crippen LogP contribution < -0.4 is 14.8 Å². The number of carbonyl (C=O) groups excluding carboxylic acids is 2. The van der Waals surface area contributed by atoms with Crippen LogP contribution in [0.5, 0.6) is 11.5 Å². The summed E-state index contributed by atoms with van der Waals surface area (Å²) in [6.45, 7) is 8.17. The first-order valence-corrected chi connectivity index (χ1v) is 9.15. The summed E-state index contributed by atoms with van der Waals surface area (Å²) in [5, 5.41) is 3.56. The van der Waals surface area contributed by atoms with Crippen LogP contribution in [0.2, 0.25) is 0 Å². The van der Waals surface area contributed by atoms with Crippen molar-refractivity contribution in [3.05, 3.63) is 23.3 Å². The summed E-state index contributed by atoms with van der Waals surface area (Å²) in [5.41, 5.74) is 1.59. The van der Waals surface area contributed by atoms with Gasteiger partial charge in [-0.05, 0) is 48.9 Å². The molecule has 1 aromatic carbocycles. The molecule has 1 saturated carbocycles. The maximum Gasteiger partial charge on any atom is 0.161 e. The molecule has 1 fully saturated rings. The molecule has 0 radical (unpaired) electrons. The third-order valence-corrected chi connectivity index (χ3v) is 5.49. The van der Waals surface area contributed by atoms with Crippen LogP contribution >= 0.6 is 0 Å². The van der Waals surface area contributed by atoms with E-state index in [1.54, 1.807) is 14.2 Å². The lowest BCUT2D eigenvalue weighted by Gasteiger charge is -2.44. The second kappa shape index (κ2) is 6.38. The Morgan fingerprint density at radius 2 is 1.46 bits per heavy atom. The molecular weight excluding hydrogens is 330 g/mol. The molecule has 3 rings (SSSR count). The third-order valence-electron chi connectivity index (χ3n) is 5.49. The van der Waals surface area contributed by atoms with E-state index >= 15 is 0 Å². The number of ketones is 2. The van der Waals surface area contributed by atoms with E-state index in [2.05, 4.69) is 19.2 Å². The van der Waals surface area contributed by atoms with Gasteiger partial charge in [-0.15, -0.1) is 0 Å². The van der Waals surface area contributed by atoms with Crippen molar-refractivity contribution in [2.24, 2.45) is 11.3 Å². The Labute approximate surface area is 155 Å². The fourth-order valence-corrected chi connectivity index (χ4v) is 4.45. The molecular formula is C21H29NO4. The Kier molecular flexibility index (Phi) is 4.63. The summed E-state index contributed by atoms with van der Waals surface area (Å²) < 4.78 is 10.9. The number of fused-ring (bicyclic) bond motifs is 1. The number of ether oxygens (including phenoxy) is 2. The van der Waals surface area contributed by atoms with Crippen molar-refractivity contribution < 1.29 is 19.1 Å². The van der Waals surface area contributed by atoms with Crippen LogP contribution in [0.4, 0.5) is 0 Å². The van der Waals surface area contributed by atoms with Crippen LogP contribution in [0.1, 0.15) is 57.7 Å². The van der Waals surface area contributed by atoms with Crippen LogP contribution in [0.25, 0.3) is 0 Å². The van der Waals surface area contributed by atoms with Crippen LogP contribution in [-0.2, 0) is 16.0 Å². The molecule has 1 aromatic rings. The number of Topliss-reactive ketones (excluding diaryl/α,β-unsaturated/α-hetero) is 2. The molecule has 5 nitrogen and oxygen atoms in total. The van der Waals surface area contributed by atoms with Gasteiger partial charge in [0.2, 0.25) is 0 Å². The van der Waals surface area contributed by atoms with Crippen LogP contribution in [-0.4, -0.2) is 31.3 Å². The normalized spacial score (nSPS) is 24.9. The second-order valence-electron chi connectivity index (χ2n) is 9.02. The topological polar surface area (TPSA) is 64.6 Å². The van der Waals surface area contributed by atoms with Gasteiger partial charge in [-0.25, -0.2) is 0 Å². The molecule has 1 heterocycles. The van der Waals surface area contributed by atoms with Crippen LogP contribution in [0.3, 0.4) is 0 Å². The van der Waals surface area contributed by atoms with Crippen molar-refractivity contribution >= 4 is 11.6 Å². The molecule has 0 saturated heterocycles. The Morgan fingerprint density at radius 3 is 2.00 bits per heavy atom. The van der Waals surface area contributed by atoms with Crippen molar-refractivity contribution in [2.45, 2.75) is 58.5 Å². The minimum atomic E-state index is -0.639. The quantitative estimate of drug-likeness (QED) is 0.840. The van der Waals surface area contributed by atoms with Crippen molar-refractivity contribution in [3.63, 3.8) is 0 Å². The van der Waals surface area contributed by atoms with E-state index in [4.69, 9.17) is 9.47 Å². The smallest absolute Gasteiger partial charge is 0.161 e. The zero-order valence-corrected chi connectivity index (χ0v) is 16.6. The highest BCUT2D eigenvalue weighted by molar-refractivity contribution is 6.06. The molecule has 1 aliphatic heterocycles. The molecule has 2 aliphatic rings. The van der Waals surface area contributed by atoms with Crippen molar-refractivity contribution in [3.8, 4) is 11.5 Å². The zero-order valence-electron chi connectivity index (χ0n) is 16.6. The molecule has 5 heteroatoms. The monoisotopic (exact) mass is 359 g/mol. The first-order valence-electron chi connectivity index (χ1n) is 9.15. The summed E-state index contributed by atoms with van der Waals surface area (Å²) in [6.07, 6.45) is 1.66. The number of rotatable bonds is 3. The standard InChI is InChI=1S/C21H29NO4/c1-20(2)10-14(23)18(15(24)11-20)19-13-8-17(26-6)16(25-5)7-12(13)9-21(3,4)22-19/h7-8,18-19,22H,9-11H2,1-6H3. The number of hydrogen-bond donors (Lipinski definition) is 1. The molecule has 0 bridgehead atoms. The molecule has 1 atom stereocenters. The second-order valence-corrected chi connectivity index (χ2v) is 9.02. The average Bonchev–Trinajstić information content (AvgIpc) is 2.50. The predicted molar refractivity (Wildman–Crippen MR) is 99.7 cm³/mol. The van der Waals surface area contributed by atoms with Crippen LogP contribution in [0.15, 0.2) is 12.1 Å². The molecule has 1 N–H and O–H groups in total. The molecule has 0 aromatic heterocycles. The first-order chi connectivity index (χ1) is 12.1. The van der Waals surface area contributed by atoms with Crippen molar-refractivity contribution in [1.82, 2.24) is 5.32 Å². The fourth-order valence-electron chi connectivity index (χ4n) is 4.45. The van der Waals surface area contributed by atoms with Gasteiger partial charge in [-0.2, -0.15) is 0 Å². The van der Waals surface area contributed by atoms with E-state index in [1.165, 1.54) is 0 Å². The maximum absolute atomic E-state index is 12.9. The Hall–Kier alpha value is -1.88. The number of nitrogens with one attached hydrogen (secondary N) is 1. The molecule has 1 unspecified atom stereocenters. The van der Waals surface area contributed by atoms with E-state index in [1.807, 2.05) is 26.0 Å². The Morgan fingerprint density at radius 1 is 0.923 bits per heavy atom. The predicted octanol–water partition coefficient (Wildman–Crippen LogP) is 3.24. The molecule has 142 valence electrons. The molecule has 1 aliphatic carbocycles. The van der Waals surface area contributed by atoms with Gasteiger partial charge >= 0.3 is 0 Å². The molecule has 0 amide bonds. The van der Waals surface area contributed by atoms with Gasteiger partial charge in [-0.3, -0.25) is 9.59 Å². The minimum absolute atomic E-state index is 0.0298. The third kappa shape index (κ3) is 3.37. The lowest BCUT2D eigenvalue weighted by atomic mass is 9.67. The van der Waals surface area contributed by atoms with E-state index in [9.17, 15) is 9.59 Å². The van der Waals surface area contributed by atoms with Gasteiger partial charge in [0.15, 0.2) is 11.5 Å². The van der Waals surface area contributed by atoms with E-state index in [0.29, 0.717) is 24.3 Å². The van der Waals surface area contributed by atoms with Gasteiger partial charge in [0.1, 0.15) is 11.6 Å². The van der Waals surface area contributed by atoms with Crippen molar-refractivity contribution in [2.75, 3.05) is 14.2 Å². The highest BCUT2D eigenvalue weighted by Gasteiger charge is 2.47. The summed E-state index contributed by atoms with van der Waals surface area (Å²) in [5.74, 6) is 0.711. The highest BCUT2D eigenvalue weighted by Crippen LogP contribution is 2.44. The molecule has 26 heavy (non-hydrogen) atoms. The summed E-state index contributed by atoms with van der Waals surface area (Å²) in [4.78, 5) is 25.8. The number of hydrogen-bond acceptors (Lipinski definition) is 5. The van der Waals surface area contributed by atoms with Crippen LogP contribution in [0, 0.1) is 11.3 Å². The largest absolute Gasteiger partial charge is 0.493 e. The van der Waals surface area contributed by atoms with E-state index < -0.39 is 5.92 Å². The van der Waals surface area contributed by atoms with Gasteiger partial charge in [0.05, 0.1) is 20.1 Å². The number of carbonyl (C=O) groups is 2. The lowest BCUT2D eigenvalue weighted by Crippen LogP contribution is -2.54. The SMILES string of the molecule is COc1cc2c(cc1OC)C(C1C(=O)CC(C)(C)CC1=O)NC(C)(C)C2. The Bertz CT molecular complexity index is 731. The fraction of sp³-hybridized carbons (Fsp3) is 0.619. The zero-order chi connectivity index (χ0) is 19.3. The average molecular weight is 359 g/mol. The minimum Gasteiger partial charge on any atom is -0.493 e. The van der Waals surface area contributed by atoms with Crippen molar-refractivity contribution in [1.29, 1.82) is 0 Å². The number of methoxy groups -OCH3 is 2. The van der Waals surface area contributed by atoms with Gasteiger partial charge in [0.25, 0.3) is 0 Å². The van der Waals surface area contributed by atoms with Gasteiger partial charge < -0.3 is 14.8 Å². The summed E-state index contributed by atoms with van der Waals surface area (Å²) in [6, 6.07) is 3.57. The highest BCUT2D eigenvalue weighted by atomic mass is 16.5.